The average molecular weight is 569 g/mol. The van der Waals surface area contributed by atoms with Crippen molar-refractivity contribution in [2.75, 3.05) is 31.3 Å². The van der Waals surface area contributed by atoms with Crippen molar-refractivity contribution < 1.29 is 27.7 Å². The second-order valence-corrected chi connectivity index (χ2v) is 11.1. The molecule has 0 aliphatic carbocycles. The molecule has 0 saturated heterocycles. The highest BCUT2D eigenvalue weighted by molar-refractivity contribution is 7.92. The van der Waals surface area contributed by atoms with Crippen LogP contribution in [0, 0.1) is 17.0 Å². The first-order chi connectivity index (χ1) is 18.9. The molecule has 3 aromatic rings. The third-order valence-electron chi connectivity index (χ3n) is 6.36. The molecular formula is C28H32N4O7S. The molecule has 3 rings (SSSR count). The summed E-state index contributed by atoms with van der Waals surface area (Å²) in [5, 5.41) is 14.0. The lowest BCUT2D eigenvalue weighted by Crippen LogP contribution is -2.53. The molecular weight excluding hydrogens is 536 g/mol. The van der Waals surface area contributed by atoms with Crippen LogP contribution in [0.5, 0.6) is 5.75 Å². The summed E-state index contributed by atoms with van der Waals surface area (Å²) < 4.78 is 32.0. The second-order valence-electron chi connectivity index (χ2n) is 9.19. The highest BCUT2D eigenvalue weighted by atomic mass is 32.2. The number of rotatable bonds is 12. The Balaban J connectivity index is 2.09. The first kappa shape index (κ1) is 30.1. The molecule has 12 heteroatoms. The number of nitro benzene ring substituents is 1. The lowest BCUT2D eigenvalue weighted by atomic mass is 10.0. The third-order valence-corrected chi connectivity index (χ3v) is 7.48. The van der Waals surface area contributed by atoms with Crippen LogP contribution in [-0.2, 0) is 32.6 Å². The van der Waals surface area contributed by atoms with E-state index in [1.165, 1.54) is 31.2 Å². The number of nitrogens with one attached hydrogen (secondary N) is 1. The minimum absolute atomic E-state index is 0.00549. The van der Waals surface area contributed by atoms with Gasteiger partial charge in [-0.25, -0.2) is 8.42 Å². The fourth-order valence-corrected chi connectivity index (χ4v) is 5.16. The summed E-state index contributed by atoms with van der Waals surface area (Å²) in [5.41, 5.74) is 1.57. The quantitative estimate of drug-likeness (QED) is 0.262. The molecule has 0 aromatic heterocycles. The number of hydrogen-bond donors (Lipinski definition) is 1. The highest BCUT2D eigenvalue weighted by Gasteiger charge is 2.33. The van der Waals surface area contributed by atoms with Gasteiger partial charge in [0, 0.05) is 32.1 Å². The van der Waals surface area contributed by atoms with Crippen molar-refractivity contribution in [1.82, 2.24) is 10.2 Å². The van der Waals surface area contributed by atoms with Gasteiger partial charge in [-0.2, -0.15) is 0 Å². The van der Waals surface area contributed by atoms with Crippen LogP contribution in [-0.4, -0.2) is 63.1 Å². The molecule has 0 saturated carbocycles. The fraction of sp³-hybridized carbons (Fsp3) is 0.286. The zero-order valence-corrected chi connectivity index (χ0v) is 23.6. The molecule has 1 atom stereocenters. The first-order valence-corrected chi connectivity index (χ1v) is 14.2. The predicted molar refractivity (Wildman–Crippen MR) is 152 cm³/mol. The molecule has 3 aromatic carbocycles. The Morgan fingerprint density at radius 2 is 1.70 bits per heavy atom. The molecule has 0 radical (unpaired) electrons. The van der Waals surface area contributed by atoms with Gasteiger partial charge in [-0.1, -0.05) is 48.5 Å². The maximum Gasteiger partial charge on any atom is 0.271 e. The number of likely N-dealkylation sites (N-methyl/N-ethyl adjacent to an activating group) is 1. The zero-order chi connectivity index (χ0) is 29.4. The van der Waals surface area contributed by atoms with Crippen LogP contribution in [0.3, 0.4) is 0 Å². The van der Waals surface area contributed by atoms with Crippen LogP contribution in [0.2, 0.25) is 0 Å². The van der Waals surface area contributed by atoms with Gasteiger partial charge in [0.1, 0.15) is 18.3 Å². The summed E-state index contributed by atoms with van der Waals surface area (Å²) in [4.78, 5) is 39.2. The normalized spacial score (nSPS) is 11.8. The Hall–Kier alpha value is -4.45. The van der Waals surface area contributed by atoms with Crippen LogP contribution in [0.1, 0.15) is 16.7 Å². The molecule has 0 aliphatic heterocycles. The monoisotopic (exact) mass is 568 g/mol. The zero-order valence-electron chi connectivity index (χ0n) is 22.7. The number of ether oxygens (including phenoxy) is 1. The van der Waals surface area contributed by atoms with E-state index >= 15 is 0 Å². The smallest absolute Gasteiger partial charge is 0.271 e. The van der Waals surface area contributed by atoms with Gasteiger partial charge in [0.15, 0.2) is 0 Å². The minimum atomic E-state index is -4.06. The summed E-state index contributed by atoms with van der Waals surface area (Å²) in [7, 11) is -1.09. The van der Waals surface area contributed by atoms with E-state index in [1.54, 1.807) is 31.2 Å². The summed E-state index contributed by atoms with van der Waals surface area (Å²) in [6, 6.07) is 18.9. The van der Waals surface area contributed by atoms with Crippen molar-refractivity contribution >= 4 is 33.2 Å². The van der Waals surface area contributed by atoms with E-state index in [-0.39, 0.29) is 24.3 Å². The fourth-order valence-electron chi connectivity index (χ4n) is 4.26. The molecule has 40 heavy (non-hydrogen) atoms. The molecule has 0 heterocycles. The van der Waals surface area contributed by atoms with Crippen molar-refractivity contribution in [2.45, 2.75) is 25.9 Å². The maximum atomic E-state index is 14.0. The van der Waals surface area contributed by atoms with Crippen molar-refractivity contribution in [3.05, 3.63) is 99.6 Å². The molecule has 2 amide bonds. The van der Waals surface area contributed by atoms with Gasteiger partial charge in [0.2, 0.25) is 21.8 Å². The number of amides is 2. The largest absolute Gasteiger partial charge is 0.497 e. The second kappa shape index (κ2) is 13.1. The van der Waals surface area contributed by atoms with Crippen molar-refractivity contribution in [3.63, 3.8) is 0 Å². The van der Waals surface area contributed by atoms with E-state index in [2.05, 4.69) is 5.32 Å². The minimum Gasteiger partial charge on any atom is -0.497 e. The van der Waals surface area contributed by atoms with Crippen LogP contribution >= 0.6 is 0 Å². The Kier molecular flexibility index (Phi) is 9.83. The number of non-ortho nitro benzene ring substituents is 1. The first-order valence-electron chi connectivity index (χ1n) is 12.3. The van der Waals surface area contributed by atoms with Crippen molar-refractivity contribution in [2.24, 2.45) is 0 Å². The lowest BCUT2D eigenvalue weighted by Gasteiger charge is -2.33. The molecule has 11 nitrogen and oxygen atoms in total. The summed E-state index contributed by atoms with van der Waals surface area (Å²) in [5.74, 6) is -0.546. The van der Waals surface area contributed by atoms with E-state index in [4.69, 9.17) is 4.74 Å². The van der Waals surface area contributed by atoms with Gasteiger partial charge in [0.05, 0.1) is 24.0 Å². The molecule has 0 aliphatic rings. The number of methoxy groups -OCH3 is 1. The molecule has 0 bridgehead atoms. The lowest BCUT2D eigenvalue weighted by molar-refractivity contribution is -0.384. The molecule has 0 unspecified atom stereocenters. The van der Waals surface area contributed by atoms with Crippen molar-refractivity contribution in [3.8, 4) is 5.75 Å². The Labute approximate surface area is 233 Å². The average Bonchev–Trinajstić information content (AvgIpc) is 2.93. The van der Waals surface area contributed by atoms with E-state index in [0.717, 1.165) is 22.2 Å². The van der Waals surface area contributed by atoms with Gasteiger partial charge in [-0.05, 0) is 35.7 Å². The van der Waals surface area contributed by atoms with Crippen LogP contribution in [0.4, 0.5) is 11.4 Å². The van der Waals surface area contributed by atoms with Gasteiger partial charge < -0.3 is 15.0 Å². The predicted octanol–water partition coefficient (Wildman–Crippen LogP) is 3.06. The molecule has 0 fully saturated rings. The van der Waals surface area contributed by atoms with Crippen molar-refractivity contribution in [1.29, 1.82) is 0 Å². The molecule has 212 valence electrons. The molecule has 0 spiro atoms. The summed E-state index contributed by atoms with van der Waals surface area (Å²) >= 11 is 0. The highest BCUT2D eigenvalue weighted by Crippen LogP contribution is 2.28. The Morgan fingerprint density at radius 3 is 2.30 bits per heavy atom. The van der Waals surface area contributed by atoms with Gasteiger partial charge >= 0.3 is 0 Å². The number of nitro groups is 1. The van der Waals surface area contributed by atoms with Gasteiger partial charge in [-0.15, -0.1) is 0 Å². The van der Waals surface area contributed by atoms with Gasteiger partial charge in [-0.3, -0.25) is 24.0 Å². The topological polar surface area (TPSA) is 139 Å². The number of nitrogens with zero attached hydrogens (tertiary/aromatic N) is 3. The number of carbonyl (C=O) groups is 2. The number of aryl methyl sites for hydroxylation is 1. The van der Waals surface area contributed by atoms with Gasteiger partial charge in [0.25, 0.3) is 5.69 Å². The van der Waals surface area contributed by atoms with Crippen LogP contribution < -0.4 is 14.4 Å². The number of anilines is 1. The van der Waals surface area contributed by atoms with E-state index in [9.17, 15) is 28.1 Å². The third kappa shape index (κ3) is 7.56. The number of benzene rings is 3. The van der Waals surface area contributed by atoms with Crippen LogP contribution in [0.15, 0.2) is 72.8 Å². The maximum absolute atomic E-state index is 14.0. The molecule has 1 N–H and O–H groups in total. The number of carbonyl (C=O) groups excluding carboxylic acids is 2. The van der Waals surface area contributed by atoms with Crippen LogP contribution in [0.25, 0.3) is 0 Å². The summed E-state index contributed by atoms with van der Waals surface area (Å²) in [6.07, 6.45) is 1.09. The Bertz CT molecular complexity index is 1480. The summed E-state index contributed by atoms with van der Waals surface area (Å²) in [6.45, 7) is 0.901. The standard InChI is InChI=1S/C28H32N4O7S/c1-20-13-14-23(32(35)36)17-25(20)31(40(4,37)38)19-27(33)30(18-22-11-8-12-24(15-22)39-3)26(28(34)29-2)16-21-9-6-5-7-10-21/h5-15,17,26H,16,18-19H2,1-4H3,(H,29,34)/t26-/m1/s1. The van der Waals surface area contributed by atoms with E-state index < -0.39 is 39.3 Å². The van der Waals surface area contributed by atoms with E-state index in [1.807, 2.05) is 30.3 Å². The Morgan fingerprint density at radius 1 is 1.02 bits per heavy atom. The number of hydrogen-bond acceptors (Lipinski definition) is 7. The van der Waals surface area contributed by atoms with E-state index in [0.29, 0.717) is 16.9 Å². The SMILES string of the molecule is CNC(=O)[C@@H](Cc1ccccc1)N(Cc1cccc(OC)c1)C(=O)CN(c1cc([N+](=O)[O-])ccc1C)S(C)(=O)=O. The number of sulfonamides is 1.